The Bertz CT molecular complexity index is 1150. The normalized spacial score (nSPS) is 10.9. The summed E-state index contributed by atoms with van der Waals surface area (Å²) >= 11 is 0. The molecule has 0 aliphatic carbocycles. The van der Waals surface area contributed by atoms with E-state index in [1.54, 1.807) is 36.4 Å². The maximum Gasteiger partial charge on any atom is 0.259 e. The molecular formula is C21H19N3O3. The molecule has 136 valence electrons. The lowest BCUT2D eigenvalue weighted by atomic mass is 10.1. The van der Waals surface area contributed by atoms with Gasteiger partial charge >= 0.3 is 0 Å². The predicted molar refractivity (Wildman–Crippen MR) is 107 cm³/mol. The van der Waals surface area contributed by atoms with Gasteiger partial charge < -0.3 is 19.4 Å². The van der Waals surface area contributed by atoms with Crippen molar-refractivity contribution in [1.82, 2.24) is 4.98 Å². The molecule has 2 aromatic carbocycles. The maximum atomic E-state index is 12.9. The average molecular weight is 361 g/mol. The molecule has 6 heteroatoms. The summed E-state index contributed by atoms with van der Waals surface area (Å²) in [5.41, 5.74) is 2.50. The molecule has 4 rings (SSSR count). The molecular weight excluding hydrogens is 342 g/mol. The van der Waals surface area contributed by atoms with Gasteiger partial charge in [-0.3, -0.25) is 4.79 Å². The maximum absolute atomic E-state index is 12.9. The van der Waals surface area contributed by atoms with E-state index in [-0.39, 0.29) is 5.91 Å². The van der Waals surface area contributed by atoms with Gasteiger partial charge in [0.2, 0.25) is 0 Å². The fourth-order valence-corrected chi connectivity index (χ4v) is 3.14. The fraction of sp³-hybridized carbons (Fsp3) is 0.143. The van der Waals surface area contributed by atoms with Crippen molar-refractivity contribution in [1.29, 1.82) is 0 Å². The summed E-state index contributed by atoms with van der Waals surface area (Å²) < 4.78 is 11.4. The van der Waals surface area contributed by atoms with Crippen molar-refractivity contribution in [2.45, 2.75) is 0 Å². The number of carbonyl (C=O) groups is 1. The second-order valence-corrected chi connectivity index (χ2v) is 6.37. The highest BCUT2D eigenvalue weighted by atomic mass is 16.5. The molecule has 0 saturated carbocycles. The summed E-state index contributed by atoms with van der Waals surface area (Å²) in [7, 11) is 5.27. The Hall–Kier alpha value is -3.54. The fourth-order valence-electron chi connectivity index (χ4n) is 3.14. The number of hydrogen-bond donors (Lipinski definition) is 1. The van der Waals surface area contributed by atoms with Crippen LogP contribution in [0.25, 0.3) is 21.9 Å². The van der Waals surface area contributed by atoms with Crippen LogP contribution < -0.4 is 15.0 Å². The number of furan rings is 1. The molecule has 0 aliphatic heterocycles. The van der Waals surface area contributed by atoms with Gasteiger partial charge in [0.15, 0.2) is 0 Å². The first-order valence-electron chi connectivity index (χ1n) is 8.51. The summed E-state index contributed by atoms with van der Waals surface area (Å²) in [6.45, 7) is 0. The number of nitrogens with one attached hydrogen (secondary N) is 1. The number of methoxy groups -OCH3 is 1. The first-order valence-corrected chi connectivity index (χ1v) is 8.51. The summed E-state index contributed by atoms with van der Waals surface area (Å²) in [5, 5.41) is 4.86. The molecule has 4 aromatic rings. The molecule has 0 aliphatic rings. The highest BCUT2D eigenvalue weighted by molar-refractivity contribution is 6.11. The first-order chi connectivity index (χ1) is 13.1. The summed E-state index contributed by atoms with van der Waals surface area (Å²) in [6, 6.07) is 15.0. The molecule has 0 bridgehead atoms. The first kappa shape index (κ1) is 16.9. The molecule has 1 amide bonds. The van der Waals surface area contributed by atoms with Crippen molar-refractivity contribution in [3.8, 4) is 5.75 Å². The summed E-state index contributed by atoms with van der Waals surface area (Å²) in [4.78, 5) is 18.9. The standard InChI is InChI=1S/C21H19N3O3/c1-24(2)20-14(8-6-10-22-20)21(25)23-16-12-18-15(11-19(16)26-3)13-7-4-5-9-17(13)27-18/h4-12H,1-3H3,(H,23,25). The van der Waals surface area contributed by atoms with E-state index in [1.165, 1.54) is 0 Å². The minimum atomic E-state index is -0.263. The smallest absolute Gasteiger partial charge is 0.259 e. The molecule has 0 atom stereocenters. The third-order valence-electron chi connectivity index (χ3n) is 4.40. The monoisotopic (exact) mass is 361 g/mol. The van der Waals surface area contributed by atoms with E-state index in [0.29, 0.717) is 28.4 Å². The lowest BCUT2D eigenvalue weighted by molar-refractivity contribution is 0.102. The minimum absolute atomic E-state index is 0.263. The lowest BCUT2D eigenvalue weighted by Crippen LogP contribution is -2.19. The second kappa shape index (κ2) is 6.64. The molecule has 2 heterocycles. The number of para-hydroxylation sites is 1. The Morgan fingerprint density at radius 2 is 1.89 bits per heavy atom. The van der Waals surface area contributed by atoms with E-state index in [2.05, 4.69) is 10.3 Å². The van der Waals surface area contributed by atoms with Crippen LogP contribution in [-0.2, 0) is 0 Å². The Morgan fingerprint density at radius 1 is 1.07 bits per heavy atom. The van der Waals surface area contributed by atoms with Gasteiger partial charge in [-0.25, -0.2) is 4.98 Å². The zero-order valence-corrected chi connectivity index (χ0v) is 15.3. The molecule has 2 aromatic heterocycles. The molecule has 0 unspecified atom stereocenters. The quantitative estimate of drug-likeness (QED) is 0.587. The van der Waals surface area contributed by atoms with Crippen LogP contribution in [0.1, 0.15) is 10.4 Å². The van der Waals surface area contributed by atoms with Gasteiger partial charge in [0, 0.05) is 37.1 Å². The van der Waals surface area contributed by atoms with Gasteiger partial charge in [-0.1, -0.05) is 18.2 Å². The number of ether oxygens (including phenoxy) is 1. The third-order valence-corrected chi connectivity index (χ3v) is 4.40. The zero-order valence-electron chi connectivity index (χ0n) is 15.3. The molecule has 0 spiro atoms. The van der Waals surface area contributed by atoms with Crippen molar-refractivity contribution in [3.63, 3.8) is 0 Å². The number of benzene rings is 2. The summed E-state index contributed by atoms with van der Waals surface area (Å²) in [5.74, 6) is 0.900. The number of aromatic nitrogens is 1. The Balaban J connectivity index is 1.77. The van der Waals surface area contributed by atoms with Crippen molar-refractivity contribution < 1.29 is 13.9 Å². The van der Waals surface area contributed by atoms with Crippen molar-refractivity contribution in [3.05, 3.63) is 60.3 Å². The Labute approximate surface area is 156 Å². The molecule has 6 nitrogen and oxygen atoms in total. The highest BCUT2D eigenvalue weighted by Gasteiger charge is 2.18. The van der Waals surface area contributed by atoms with Crippen LogP contribution in [0.3, 0.4) is 0 Å². The van der Waals surface area contributed by atoms with Gasteiger partial charge in [-0.2, -0.15) is 0 Å². The Morgan fingerprint density at radius 3 is 2.67 bits per heavy atom. The van der Waals surface area contributed by atoms with Gasteiger partial charge in [0.05, 0.1) is 18.4 Å². The van der Waals surface area contributed by atoms with Crippen molar-refractivity contribution in [2.75, 3.05) is 31.4 Å². The van der Waals surface area contributed by atoms with E-state index in [1.807, 2.05) is 44.4 Å². The number of pyridine rings is 1. The van der Waals surface area contributed by atoms with Crippen molar-refractivity contribution in [2.24, 2.45) is 0 Å². The van der Waals surface area contributed by atoms with Gasteiger partial charge in [0.1, 0.15) is 22.7 Å². The number of rotatable bonds is 4. The molecule has 0 fully saturated rings. The van der Waals surface area contributed by atoms with Crippen LogP contribution in [0.15, 0.2) is 59.1 Å². The van der Waals surface area contributed by atoms with Crippen molar-refractivity contribution >= 4 is 39.4 Å². The second-order valence-electron chi connectivity index (χ2n) is 6.37. The van der Waals surface area contributed by atoms with E-state index in [0.717, 1.165) is 16.4 Å². The molecule has 0 radical (unpaired) electrons. The molecule has 0 saturated heterocycles. The molecule has 1 N–H and O–H groups in total. The van der Waals surface area contributed by atoms with E-state index < -0.39 is 0 Å². The predicted octanol–water partition coefficient (Wildman–Crippen LogP) is 4.31. The van der Waals surface area contributed by atoms with Gasteiger partial charge in [-0.05, 0) is 24.3 Å². The van der Waals surface area contributed by atoms with Crippen LogP contribution in [-0.4, -0.2) is 32.1 Å². The van der Waals surface area contributed by atoms with E-state index in [4.69, 9.17) is 9.15 Å². The Kier molecular flexibility index (Phi) is 4.16. The van der Waals surface area contributed by atoms with Crippen LogP contribution in [0.5, 0.6) is 5.75 Å². The number of fused-ring (bicyclic) bond motifs is 3. The highest BCUT2D eigenvalue weighted by Crippen LogP contribution is 2.36. The van der Waals surface area contributed by atoms with Crippen LogP contribution >= 0.6 is 0 Å². The van der Waals surface area contributed by atoms with E-state index >= 15 is 0 Å². The topological polar surface area (TPSA) is 67.6 Å². The van der Waals surface area contributed by atoms with Gasteiger partial charge in [0.25, 0.3) is 5.91 Å². The SMILES string of the molecule is COc1cc2c(cc1NC(=O)c1cccnc1N(C)C)oc1ccccc12. The van der Waals surface area contributed by atoms with Crippen LogP contribution in [0.2, 0.25) is 0 Å². The third kappa shape index (κ3) is 2.95. The molecule has 27 heavy (non-hydrogen) atoms. The number of nitrogens with zero attached hydrogens (tertiary/aromatic N) is 2. The van der Waals surface area contributed by atoms with Crippen LogP contribution in [0.4, 0.5) is 11.5 Å². The summed E-state index contributed by atoms with van der Waals surface area (Å²) in [6.07, 6.45) is 1.66. The van der Waals surface area contributed by atoms with Gasteiger partial charge in [-0.15, -0.1) is 0 Å². The van der Waals surface area contributed by atoms with E-state index in [9.17, 15) is 4.79 Å². The number of carbonyl (C=O) groups excluding carboxylic acids is 1. The zero-order chi connectivity index (χ0) is 19.0. The number of anilines is 2. The average Bonchev–Trinajstić information content (AvgIpc) is 3.04. The largest absolute Gasteiger partial charge is 0.495 e. The van der Waals surface area contributed by atoms with Crippen LogP contribution in [0, 0.1) is 0 Å². The minimum Gasteiger partial charge on any atom is -0.495 e. The number of hydrogen-bond acceptors (Lipinski definition) is 5. The lowest BCUT2D eigenvalue weighted by Gasteiger charge is -2.16. The number of amides is 1.